The van der Waals surface area contributed by atoms with Crippen LogP contribution in [0.2, 0.25) is 0 Å². The largest absolute Gasteiger partial charge is 0.507 e. The molecule has 8 nitrogen and oxygen atoms in total. The van der Waals surface area contributed by atoms with Gasteiger partial charge in [-0.15, -0.1) is 0 Å². The number of aryl methyl sites for hydroxylation is 1. The van der Waals surface area contributed by atoms with Gasteiger partial charge in [0.05, 0.1) is 38.5 Å². The molecule has 0 aliphatic rings. The Balaban J connectivity index is 1.89. The first kappa shape index (κ1) is 22.7. The number of methoxy groups -OCH3 is 3. The Morgan fingerprint density at radius 3 is 2.09 bits per heavy atom. The van der Waals surface area contributed by atoms with Gasteiger partial charge < -0.3 is 29.2 Å². The van der Waals surface area contributed by atoms with Crippen LogP contribution in [0.25, 0.3) is 22.3 Å². The van der Waals surface area contributed by atoms with Crippen molar-refractivity contribution >= 4 is 16.9 Å². The molecule has 0 spiro atoms. The van der Waals surface area contributed by atoms with Gasteiger partial charge in [-0.1, -0.05) is 18.2 Å². The molecule has 0 amide bonds. The Labute approximate surface area is 195 Å². The summed E-state index contributed by atoms with van der Waals surface area (Å²) in [6, 6.07) is 14.6. The van der Waals surface area contributed by atoms with Crippen molar-refractivity contribution in [3.05, 3.63) is 65.7 Å². The molecule has 1 aromatic heterocycles. The van der Waals surface area contributed by atoms with Crippen LogP contribution < -0.4 is 18.9 Å². The van der Waals surface area contributed by atoms with Gasteiger partial charge in [0.2, 0.25) is 11.5 Å². The van der Waals surface area contributed by atoms with E-state index in [4.69, 9.17) is 23.4 Å². The standard InChI is InChI=1S/C26H22O8/c1-14-22-18(28)12-17(27)13-19(22)33-24(15-8-6-5-7-9-15)23(14)34-26(29)16-10-20(30-2)25(32-4)21(11-16)31-3/h5-13H,1-4H3,(H-,27,28)/p+1. The summed E-state index contributed by atoms with van der Waals surface area (Å²) in [7, 11) is 4.36. The number of hydrogen-bond acceptors (Lipinski definition) is 7. The molecule has 3 aromatic carbocycles. The van der Waals surface area contributed by atoms with Crippen LogP contribution in [0, 0.1) is 6.92 Å². The highest BCUT2D eigenvalue weighted by Crippen LogP contribution is 2.43. The van der Waals surface area contributed by atoms with E-state index in [9.17, 15) is 15.0 Å². The molecule has 0 atom stereocenters. The van der Waals surface area contributed by atoms with Gasteiger partial charge in [-0.25, -0.2) is 9.21 Å². The number of hydrogen-bond donors (Lipinski definition) is 2. The summed E-state index contributed by atoms with van der Waals surface area (Å²) >= 11 is 0. The second kappa shape index (κ2) is 9.19. The average Bonchev–Trinajstić information content (AvgIpc) is 2.84. The van der Waals surface area contributed by atoms with Crippen LogP contribution in [0.15, 0.2) is 59.0 Å². The number of carbonyl (C=O) groups is 1. The first-order valence-corrected chi connectivity index (χ1v) is 10.3. The predicted molar refractivity (Wildman–Crippen MR) is 125 cm³/mol. The fraction of sp³-hybridized carbons (Fsp3) is 0.154. The summed E-state index contributed by atoms with van der Waals surface area (Å²) in [5.41, 5.74) is 1.49. The minimum Gasteiger partial charge on any atom is -0.507 e. The third-order valence-corrected chi connectivity index (χ3v) is 5.33. The lowest BCUT2D eigenvalue weighted by molar-refractivity contribution is 0.0731. The van der Waals surface area contributed by atoms with E-state index in [-0.39, 0.29) is 34.2 Å². The summed E-state index contributed by atoms with van der Waals surface area (Å²) in [6.07, 6.45) is 0. The first-order valence-electron chi connectivity index (χ1n) is 10.3. The number of esters is 1. The third kappa shape index (κ3) is 4.01. The number of phenolic OH excluding ortho intramolecular Hbond substituents is 2. The zero-order chi connectivity index (χ0) is 24.4. The number of aromatic hydroxyl groups is 2. The number of benzene rings is 3. The second-order valence-electron chi connectivity index (χ2n) is 7.39. The number of ether oxygens (including phenoxy) is 4. The van der Waals surface area contributed by atoms with Crippen LogP contribution in [0.1, 0.15) is 15.9 Å². The van der Waals surface area contributed by atoms with E-state index in [2.05, 4.69) is 0 Å². The minimum atomic E-state index is -0.702. The van der Waals surface area contributed by atoms with Gasteiger partial charge in [-0.3, -0.25) is 0 Å². The molecular weight excluding hydrogens is 440 g/mol. The molecule has 8 heteroatoms. The highest BCUT2D eigenvalue weighted by atomic mass is 16.5. The molecule has 174 valence electrons. The topological polar surface area (TPSA) is 106 Å². The normalized spacial score (nSPS) is 10.7. The monoisotopic (exact) mass is 463 g/mol. The zero-order valence-electron chi connectivity index (χ0n) is 19.0. The minimum absolute atomic E-state index is 0.124. The van der Waals surface area contributed by atoms with E-state index in [0.29, 0.717) is 33.8 Å². The van der Waals surface area contributed by atoms with Gasteiger partial charge in [-0.2, -0.15) is 0 Å². The number of carbonyl (C=O) groups excluding carboxylic acids is 1. The number of rotatable bonds is 6. The fourth-order valence-corrected chi connectivity index (χ4v) is 3.74. The molecule has 0 fully saturated rings. The molecule has 0 aliphatic carbocycles. The van der Waals surface area contributed by atoms with Crippen LogP contribution in [-0.4, -0.2) is 37.5 Å². The lowest BCUT2D eigenvalue weighted by Gasteiger charge is -2.14. The fourth-order valence-electron chi connectivity index (χ4n) is 3.74. The molecule has 2 N–H and O–H groups in total. The molecule has 0 bridgehead atoms. The van der Waals surface area contributed by atoms with Gasteiger partial charge in [0.25, 0.3) is 0 Å². The van der Waals surface area contributed by atoms with Gasteiger partial charge >= 0.3 is 17.3 Å². The average molecular weight is 463 g/mol. The zero-order valence-corrected chi connectivity index (χ0v) is 19.0. The lowest BCUT2D eigenvalue weighted by atomic mass is 10.0. The van der Waals surface area contributed by atoms with E-state index in [1.165, 1.54) is 45.6 Å². The van der Waals surface area contributed by atoms with Gasteiger partial charge in [-0.05, 0) is 31.2 Å². The quantitative estimate of drug-likeness (QED) is 0.291. The third-order valence-electron chi connectivity index (χ3n) is 5.33. The van der Waals surface area contributed by atoms with Crippen molar-refractivity contribution in [2.45, 2.75) is 6.92 Å². The molecule has 34 heavy (non-hydrogen) atoms. The SMILES string of the molecule is COc1cc(C(=O)Oc2c(-c3ccccc3)[o+]c3cc(O)cc(O)c3c2C)cc(OC)c1OC. The van der Waals surface area contributed by atoms with E-state index in [0.717, 1.165) is 0 Å². The number of fused-ring (bicyclic) bond motifs is 1. The lowest BCUT2D eigenvalue weighted by Crippen LogP contribution is -2.11. The van der Waals surface area contributed by atoms with Crippen LogP contribution in [0.3, 0.4) is 0 Å². The van der Waals surface area contributed by atoms with E-state index in [1.807, 2.05) is 18.2 Å². The summed E-state index contributed by atoms with van der Waals surface area (Å²) in [5, 5.41) is 20.7. The van der Waals surface area contributed by atoms with Crippen LogP contribution in [0.5, 0.6) is 34.5 Å². The highest BCUT2D eigenvalue weighted by molar-refractivity contribution is 5.97. The summed E-state index contributed by atoms with van der Waals surface area (Å²) < 4.78 is 27.8. The maximum absolute atomic E-state index is 13.2. The van der Waals surface area contributed by atoms with Gasteiger partial charge in [0.1, 0.15) is 16.9 Å². The Kier molecular flexibility index (Phi) is 6.14. The van der Waals surface area contributed by atoms with E-state index in [1.54, 1.807) is 19.1 Å². The predicted octanol–water partition coefficient (Wildman–Crippen LogP) is 5.35. The van der Waals surface area contributed by atoms with Gasteiger partial charge in [0, 0.05) is 11.6 Å². The molecule has 4 rings (SSSR count). The molecular formula is C26H23O8+. The maximum Gasteiger partial charge on any atom is 0.403 e. The Bertz CT molecular complexity index is 1350. The molecule has 0 saturated carbocycles. The van der Waals surface area contributed by atoms with Crippen molar-refractivity contribution in [3.63, 3.8) is 0 Å². The molecule has 0 aliphatic heterocycles. The summed E-state index contributed by atoms with van der Waals surface area (Å²) in [4.78, 5) is 13.2. The van der Waals surface area contributed by atoms with Gasteiger partial charge in [0.15, 0.2) is 11.5 Å². The van der Waals surface area contributed by atoms with Crippen molar-refractivity contribution in [2.24, 2.45) is 0 Å². The van der Waals surface area contributed by atoms with E-state index >= 15 is 0 Å². The van der Waals surface area contributed by atoms with Crippen LogP contribution in [0.4, 0.5) is 0 Å². The second-order valence-corrected chi connectivity index (χ2v) is 7.39. The summed E-state index contributed by atoms with van der Waals surface area (Å²) in [5.74, 6) is 0.251. The van der Waals surface area contributed by atoms with Crippen molar-refractivity contribution in [1.29, 1.82) is 0 Å². The molecule has 1 heterocycles. The van der Waals surface area contributed by atoms with E-state index < -0.39 is 5.97 Å². The van der Waals surface area contributed by atoms with Crippen LogP contribution >= 0.6 is 0 Å². The summed E-state index contributed by atoms with van der Waals surface area (Å²) in [6.45, 7) is 1.69. The molecule has 0 saturated heterocycles. The van der Waals surface area contributed by atoms with Crippen molar-refractivity contribution in [1.82, 2.24) is 0 Å². The first-order chi connectivity index (χ1) is 16.4. The van der Waals surface area contributed by atoms with Crippen LogP contribution in [-0.2, 0) is 0 Å². The maximum atomic E-state index is 13.2. The molecule has 0 radical (unpaired) electrons. The molecule has 4 aromatic rings. The molecule has 0 unspecified atom stereocenters. The Morgan fingerprint density at radius 1 is 0.853 bits per heavy atom. The Hall–Kier alpha value is -4.46. The highest BCUT2D eigenvalue weighted by Gasteiger charge is 2.31. The number of phenols is 2. The smallest absolute Gasteiger partial charge is 0.403 e. The van der Waals surface area contributed by atoms with Crippen molar-refractivity contribution in [3.8, 4) is 45.8 Å². The van der Waals surface area contributed by atoms with Crippen molar-refractivity contribution in [2.75, 3.05) is 21.3 Å². The Morgan fingerprint density at radius 2 is 1.50 bits per heavy atom. The van der Waals surface area contributed by atoms with Crippen molar-refractivity contribution < 1.29 is 38.4 Å².